The number of aromatic nitrogens is 1. The number of nitriles is 2. The molecule has 0 saturated carbocycles. The molecule has 0 aliphatic heterocycles. The van der Waals surface area contributed by atoms with Crippen molar-refractivity contribution in [1.29, 1.82) is 10.5 Å². The molecule has 0 saturated heterocycles. The van der Waals surface area contributed by atoms with E-state index in [1.165, 1.54) is 16.4 Å². The van der Waals surface area contributed by atoms with Crippen molar-refractivity contribution < 1.29 is 8.42 Å². The van der Waals surface area contributed by atoms with Crippen LogP contribution in [0.5, 0.6) is 0 Å². The van der Waals surface area contributed by atoms with Gasteiger partial charge >= 0.3 is 0 Å². The van der Waals surface area contributed by atoms with Crippen molar-refractivity contribution in [2.75, 3.05) is 13.1 Å². The second-order valence-corrected chi connectivity index (χ2v) is 5.91. The average molecular weight is 278 g/mol. The van der Waals surface area contributed by atoms with Crippen molar-refractivity contribution in [3.05, 3.63) is 24.0 Å². The summed E-state index contributed by atoms with van der Waals surface area (Å²) in [4.78, 5) is 3.77. The predicted octanol–water partition coefficient (Wildman–Crippen LogP) is 1.12. The van der Waals surface area contributed by atoms with Gasteiger partial charge in [-0.05, 0) is 19.1 Å². The van der Waals surface area contributed by atoms with Gasteiger partial charge in [-0.15, -0.1) is 0 Å². The molecule has 6 nitrogen and oxygen atoms in total. The first-order valence-electron chi connectivity index (χ1n) is 5.71. The SMILES string of the molecule is CCN(CC(C)C#N)S(=O)(=O)c1ccc(C#N)nc1. The topological polar surface area (TPSA) is 97.9 Å². The second kappa shape index (κ2) is 6.28. The van der Waals surface area contributed by atoms with E-state index in [1.54, 1.807) is 13.8 Å². The lowest BCUT2D eigenvalue weighted by Crippen LogP contribution is -2.34. The number of rotatable bonds is 5. The van der Waals surface area contributed by atoms with E-state index < -0.39 is 10.0 Å². The number of hydrogen-bond acceptors (Lipinski definition) is 5. The third-order valence-electron chi connectivity index (χ3n) is 2.54. The molecule has 1 rings (SSSR count). The molecule has 0 radical (unpaired) electrons. The van der Waals surface area contributed by atoms with E-state index in [0.717, 1.165) is 6.20 Å². The highest BCUT2D eigenvalue weighted by molar-refractivity contribution is 7.89. The molecule has 0 bridgehead atoms. The quantitative estimate of drug-likeness (QED) is 0.803. The highest BCUT2D eigenvalue weighted by Crippen LogP contribution is 2.16. The molecule has 1 heterocycles. The van der Waals surface area contributed by atoms with Crippen LogP contribution in [0.2, 0.25) is 0 Å². The monoisotopic (exact) mass is 278 g/mol. The van der Waals surface area contributed by atoms with Gasteiger partial charge in [-0.1, -0.05) is 6.92 Å². The Balaban J connectivity index is 3.07. The second-order valence-electron chi connectivity index (χ2n) is 3.98. The zero-order chi connectivity index (χ0) is 14.5. The van der Waals surface area contributed by atoms with Crippen molar-refractivity contribution in [1.82, 2.24) is 9.29 Å². The number of sulfonamides is 1. The van der Waals surface area contributed by atoms with Gasteiger partial charge < -0.3 is 0 Å². The lowest BCUT2D eigenvalue weighted by Gasteiger charge is -2.21. The molecule has 0 spiro atoms. The minimum absolute atomic E-state index is 0.0264. The summed E-state index contributed by atoms with van der Waals surface area (Å²) >= 11 is 0. The van der Waals surface area contributed by atoms with E-state index in [4.69, 9.17) is 10.5 Å². The Morgan fingerprint density at radius 3 is 2.53 bits per heavy atom. The third kappa shape index (κ3) is 3.50. The summed E-state index contributed by atoms with van der Waals surface area (Å²) in [6, 6.07) is 6.54. The van der Waals surface area contributed by atoms with E-state index in [1.807, 2.05) is 12.1 Å². The van der Waals surface area contributed by atoms with Crippen LogP contribution in [0.4, 0.5) is 0 Å². The summed E-state index contributed by atoms with van der Waals surface area (Å²) in [5.74, 6) is -0.388. The van der Waals surface area contributed by atoms with Crippen LogP contribution in [0.3, 0.4) is 0 Å². The number of hydrogen-bond donors (Lipinski definition) is 0. The first-order chi connectivity index (χ1) is 8.95. The molecule has 0 amide bonds. The third-order valence-corrected chi connectivity index (χ3v) is 4.46. The summed E-state index contributed by atoms with van der Waals surface area (Å²) < 4.78 is 25.8. The lowest BCUT2D eigenvalue weighted by molar-refractivity contribution is 0.399. The number of nitrogens with zero attached hydrogens (tertiary/aromatic N) is 4. The Bertz CT molecular complexity index is 611. The minimum atomic E-state index is -3.67. The fraction of sp³-hybridized carbons (Fsp3) is 0.417. The van der Waals surface area contributed by atoms with Gasteiger partial charge in [0.2, 0.25) is 10.0 Å². The first kappa shape index (κ1) is 15.1. The summed E-state index contributed by atoms with van der Waals surface area (Å²) in [6.07, 6.45) is 1.16. The zero-order valence-corrected chi connectivity index (χ0v) is 11.6. The van der Waals surface area contributed by atoms with Crippen LogP contribution in [0, 0.1) is 28.6 Å². The molecule has 19 heavy (non-hydrogen) atoms. The van der Waals surface area contributed by atoms with Gasteiger partial charge in [0.1, 0.15) is 16.7 Å². The van der Waals surface area contributed by atoms with E-state index in [9.17, 15) is 8.42 Å². The zero-order valence-electron chi connectivity index (χ0n) is 10.7. The van der Waals surface area contributed by atoms with Crippen LogP contribution in [0.15, 0.2) is 23.2 Å². The molecule has 7 heteroatoms. The van der Waals surface area contributed by atoms with Crippen molar-refractivity contribution >= 4 is 10.0 Å². The van der Waals surface area contributed by atoms with Crippen molar-refractivity contribution in [2.24, 2.45) is 5.92 Å². The molecule has 0 aromatic carbocycles. The van der Waals surface area contributed by atoms with E-state index >= 15 is 0 Å². The maximum absolute atomic E-state index is 12.3. The van der Waals surface area contributed by atoms with Crippen LogP contribution < -0.4 is 0 Å². The molecule has 100 valence electrons. The molecular weight excluding hydrogens is 264 g/mol. The average Bonchev–Trinajstić information content (AvgIpc) is 2.44. The van der Waals surface area contributed by atoms with Gasteiger partial charge in [-0.2, -0.15) is 14.8 Å². The molecule has 1 aromatic heterocycles. The van der Waals surface area contributed by atoms with Crippen molar-refractivity contribution in [3.63, 3.8) is 0 Å². The van der Waals surface area contributed by atoms with Gasteiger partial charge in [-0.25, -0.2) is 13.4 Å². The van der Waals surface area contributed by atoms with Gasteiger partial charge in [0, 0.05) is 19.3 Å². The van der Waals surface area contributed by atoms with Crippen LogP contribution >= 0.6 is 0 Å². The van der Waals surface area contributed by atoms with Crippen molar-refractivity contribution in [2.45, 2.75) is 18.7 Å². The summed E-state index contributed by atoms with van der Waals surface area (Å²) in [5.41, 5.74) is 0.160. The molecule has 1 atom stereocenters. The van der Waals surface area contributed by atoms with Gasteiger partial charge in [0.25, 0.3) is 0 Å². The van der Waals surface area contributed by atoms with Crippen molar-refractivity contribution in [3.8, 4) is 12.1 Å². The first-order valence-corrected chi connectivity index (χ1v) is 7.15. The Morgan fingerprint density at radius 2 is 2.11 bits per heavy atom. The minimum Gasteiger partial charge on any atom is -0.244 e. The van der Waals surface area contributed by atoms with Gasteiger partial charge in [0.05, 0.1) is 12.0 Å². The smallest absolute Gasteiger partial charge is 0.244 e. The predicted molar refractivity (Wildman–Crippen MR) is 68.2 cm³/mol. The molecule has 0 aliphatic rings. The van der Waals surface area contributed by atoms with Crippen LogP contribution in [-0.4, -0.2) is 30.8 Å². The standard InChI is InChI=1S/C12H14N4O2S/c1-3-16(9-10(2)6-13)19(17,18)12-5-4-11(7-14)15-8-12/h4-5,8,10H,3,9H2,1-2H3. The summed E-state index contributed by atoms with van der Waals surface area (Å²) in [5, 5.41) is 17.4. The van der Waals surface area contributed by atoms with E-state index in [-0.39, 0.29) is 29.6 Å². The summed E-state index contributed by atoms with van der Waals surface area (Å²) in [6.45, 7) is 3.78. The van der Waals surface area contributed by atoms with Crippen LogP contribution in [0.1, 0.15) is 19.5 Å². The Morgan fingerprint density at radius 1 is 1.42 bits per heavy atom. The van der Waals surface area contributed by atoms with E-state index in [2.05, 4.69) is 4.98 Å². The highest BCUT2D eigenvalue weighted by Gasteiger charge is 2.24. The molecule has 1 aromatic rings. The van der Waals surface area contributed by atoms with Gasteiger partial charge in [0.15, 0.2) is 0 Å². The maximum atomic E-state index is 12.3. The molecule has 1 unspecified atom stereocenters. The lowest BCUT2D eigenvalue weighted by atomic mass is 10.2. The Hall–Kier alpha value is -1.96. The van der Waals surface area contributed by atoms with Gasteiger partial charge in [-0.3, -0.25) is 0 Å². The normalized spacial score (nSPS) is 12.7. The number of pyridine rings is 1. The Labute approximate surface area is 113 Å². The van der Waals surface area contributed by atoms with E-state index in [0.29, 0.717) is 0 Å². The van der Waals surface area contributed by atoms with Crippen LogP contribution in [0.25, 0.3) is 0 Å². The molecule has 0 N–H and O–H groups in total. The Kier molecular flexibility index (Phi) is 4.99. The molecule has 0 fully saturated rings. The van der Waals surface area contributed by atoms with Crippen LogP contribution in [-0.2, 0) is 10.0 Å². The highest BCUT2D eigenvalue weighted by atomic mass is 32.2. The fourth-order valence-electron chi connectivity index (χ4n) is 1.49. The molecule has 0 aliphatic carbocycles. The largest absolute Gasteiger partial charge is 0.244 e. The molecular formula is C12H14N4O2S. The summed E-state index contributed by atoms with van der Waals surface area (Å²) in [7, 11) is -3.67. The maximum Gasteiger partial charge on any atom is 0.244 e. The fourth-order valence-corrected chi connectivity index (χ4v) is 2.98.